The summed E-state index contributed by atoms with van der Waals surface area (Å²) in [6.45, 7) is -0.0277. The molecule has 1 atom stereocenters. The Balaban J connectivity index is 2.69. The number of amides is 2. The average Bonchev–Trinajstić information content (AvgIpc) is 2.33. The van der Waals surface area contributed by atoms with Gasteiger partial charge in [0, 0.05) is 13.6 Å². The van der Waals surface area contributed by atoms with Gasteiger partial charge in [0.2, 0.25) is 21.8 Å². The molecule has 1 aliphatic heterocycles. The second-order valence-electron chi connectivity index (χ2n) is 3.27. The van der Waals surface area contributed by atoms with Crippen LogP contribution in [0.5, 0.6) is 0 Å². The molecule has 0 saturated carbocycles. The van der Waals surface area contributed by atoms with Crippen molar-refractivity contribution in [3.63, 3.8) is 0 Å². The Morgan fingerprint density at radius 3 is 2.53 bits per heavy atom. The predicted molar refractivity (Wildman–Crippen MR) is 52.2 cm³/mol. The summed E-state index contributed by atoms with van der Waals surface area (Å²) >= 11 is 0. The third-order valence-electron chi connectivity index (χ3n) is 2.09. The summed E-state index contributed by atoms with van der Waals surface area (Å²) in [5.74, 6) is -1.17. The zero-order valence-corrected chi connectivity index (χ0v) is 9.08. The molecule has 1 rings (SSSR count). The summed E-state index contributed by atoms with van der Waals surface area (Å²) in [5.41, 5.74) is 5.10. The molecule has 7 nitrogen and oxygen atoms in total. The van der Waals surface area contributed by atoms with Gasteiger partial charge in [0.25, 0.3) is 0 Å². The predicted octanol–water partition coefficient (Wildman–Crippen LogP) is -2.38. The molecule has 1 saturated heterocycles. The summed E-state index contributed by atoms with van der Waals surface area (Å²) in [7, 11) is -2.25. The number of nitrogens with one attached hydrogen (secondary N) is 1. The molecule has 86 valence electrons. The highest BCUT2D eigenvalue weighted by Crippen LogP contribution is 2.11. The van der Waals surface area contributed by atoms with Crippen LogP contribution in [0.2, 0.25) is 0 Å². The molecule has 3 N–H and O–H groups in total. The van der Waals surface area contributed by atoms with Crippen molar-refractivity contribution < 1.29 is 18.0 Å². The van der Waals surface area contributed by atoms with E-state index in [-0.39, 0.29) is 24.6 Å². The van der Waals surface area contributed by atoms with Crippen molar-refractivity contribution >= 4 is 21.8 Å². The minimum atomic E-state index is -3.57. The molecule has 0 radical (unpaired) electrons. The second-order valence-corrected chi connectivity index (χ2v) is 5.15. The summed E-state index contributed by atoms with van der Waals surface area (Å²) in [5, 5.41) is 0. The molecule has 0 aromatic carbocycles. The SMILES string of the molecule is CN1C(=O)CC(NS(=O)(=O)CCN)C1=O. The van der Waals surface area contributed by atoms with E-state index in [1.54, 1.807) is 0 Å². The fourth-order valence-electron chi connectivity index (χ4n) is 1.28. The standard InChI is InChI=1S/C7H13N3O4S/c1-10-6(11)4-5(7(10)12)9-15(13,14)3-2-8/h5,9H,2-4,8H2,1H3. The number of likely N-dealkylation sites (tertiary alicyclic amines) is 1. The molecule has 0 aromatic rings. The molecular formula is C7H13N3O4S. The zero-order chi connectivity index (χ0) is 11.6. The van der Waals surface area contributed by atoms with E-state index in [0.717, 1.165) is 4.90 Å². The van der Waals surface area contributed by atoms with E-state index in [1.807, 2.05) is 0 Å². The maximum absolute atomic E-state index is 11.3. The van der Waals surface area contributed by atoms with Crippen LogP contribution in [0.25, 0.3) is 0 Å². The maximum atomic E-state index is 11.3. The fraction of sp³-hybridized carbons (Fsp3) is 0.714. The number of rotatable bonds is 4. The molecule has 0 spiro atoms. The number of nitrogens with zero attached hydrogens (tertiary/aromatic N) is 1. The van der Waals surface area contributed by atoms with Crippen molar-refractivity contribution in [3.05, 3.63) is 0 Å². The van der Waals surface area contributed by atoms with Gasteiger partial charge in [-0.05, 0) is 0 Å². The summed E-state index contributed by atoms with van der Waals surface area (Å²) in [4.78, 5) is 23.3. The Morgan fingerprint density at radius 2 is 2.13 bits per heavy atom. The van der Waals surface area contributed by atoms with E-state index < -0.39 is 22.0 Å². The first-order valence-corrected chi connectivity index (χ1v) is 6.03. The third-order valence-corrected chi connectivity index (χ3v) is 3.51. The van der Waals surface area contributed by atoms with Crippen LogP contribution in [-0.4, -0.2) is 50.5 Å². The van der Waals surface area contributed by atoms with Crippen molar-refractivity contribution in [2.75, 3.05) is 19.3 Å². The van der Waals surface area contributed by atoms with Gasteiger partial charge in [-0.15, -0.1) is 0 Å². The van der Waals surface area contributed by atoms with E-state index >= 15 is 0 Å². The van der Waals surface area contributed by atoms with E-state index in [2.05, 4.69) is 4.72 Å². The number of likely N-dealkylation sites (N-methyl/N-ethyl adjacent to an activating group) is 1. The van der Waals surface area contributed by atoms with Gasteiger partial charge >= 0.3 is 0 Å². The topological polar surface area (TPSA) is 110 Å². The van der Waals surface area contributed by atoms with Crippen molar-refractivity contribution in [2.45, 2.75) is 12.5 Å². The lowest BCUT2D eigenvalue weighted by Crippen LogP contribution is -2.42. The first-order valence-electron chi connectivity index (χ1n) is 4.38. The molecule has 1 unspecified atom stereocenters. The van der Waals surface area contributed by atoms with Crippen LogP contribution in [0.3, 0.4) is 0 Å². The van der Waals surface area contributed by atoms with Gasteiger partial charge in [-0.3, -0.25) is 14.5 Å². The molecule has 0 aliphatic carbocycles. The molecule has 8 heteroatoms. The molecule has 0 bridgehead atoms. The highest BCUT2D eigenvalue weighted by molar-refractivity contribution is 7.89. The monoisotopic (exact) mass is 235 g/mol. The minimum absolute atomic E-state index is 0.0277. The third kappa shape index (κ3) is 2.74. The average molecular weight is 235 g/mol. The van der Waals surface area contributed by atoms with E-state index in [9.17, 15) is 18.0 Å². The van der Waals surface area contributed by atoms with Gasteiger partial charge in [0.15, 0.2) is 0 Å². The number of sulfonamides is 1. The van der Waals surface area contributed by atoms with Crippen molar-refractivity contribution in [2.24, 2.45) is 5.73 Å². The summed E-state index contributed by atoms with van der Waals surface area (Å²) in [6.07, 6.45) is -0.126. The highest BCUT2D eigenvalue weighted by atomic mass is 32.2. The lowest BCUT2D eigenvalue weighted by Gasteiger charge is -2.10. The van der Waals surface area contributed by atoms with Crippen LogP contribution in [0, 0.1) is 0 Å². The molecular weight excluding hydrogens is 222 g/mol. The van der Waals surface area contributed by atoms with Crippen molar-refractivity contribution in [3.8, 4) is 0 Å². The number of carbonyl (C=O) groups is 2. The quantitative estimate of drug-likeness (QED) is 0.529. The zero-order valence-electron chi connectivity index (χ0n) is 8.26. The molecule has 2 amide bonds. The van der Waals surface area contributed by atoms with Gasteiger partial charge in [-0.25, -0.2) is 13.1 Å². The minimum Gasteiger partial charge on any atom is -0.329 e. The van der Waals surface area contributed by atoms with Gasteiger partial charge in [0.05, 0.1) is 12.2 Å². The largest absolute Gasteiger partial charge is 0.329 e. The number of carbonyl (C=O) groups excluding carboxylic acids is 2. The number of nitrogens with two attached hydrogens (primary N) is 1. The second kappa shape index (κ2) is 4.25. The highest BCUT2D eigenvalue weighted by Gasteiger charge is 2.38. The maximum Gasteiger partial charge on any atom is 0.247 e. The van der Waals surface area contributed by atoms with Crippen LogP contribution in [0.1, 0.15) is 6.42 Å². The van der Waals surface area contributed by atoms with Gasteiger partial charge in [0.1, 0.15) is 6.04 Å². The molecule has 1 fully saturated rings. The van der Waals surface area contributed by atoms with Crippen LogP contribution >= 0.6 is 0 Å². The summed E-state index contributed by atoms with van der Waals surface area (Å²) < 4.78 is 24.7. The normalized spacial score (nSPS) is 22.5. The molecule has 1 heterocycles. The first kappa shape index (κ1) is 12.1. The van der Waals surface area contributed by atoms with E-state index in [4.69, 9.17) is 5.73 Å². The van der Waals surface area contributed by atoms with Crippen molar-refractivity contribution in [1.82, 2.24) is 9.62 Å². The number of hydrogen-bond acceptors (Lipinski definition) is 5. The van der Waals surface area contributed by atoms with E-state index in [0.29, 0.717) is 0 Å². The van der Waals surface area contributed by atoms with Crippen molar-refractivity contribution in [1.29, 1.82) is 0 Å². The van der Waals surface area contributed by atoms with Crippen LogP contribution < -0.4 is 10.5 Å². The Bertz CT molecular complexity index is 378. The summed E-state index contributed by atoms with van der Waals surface area (Å²) in [6, 6.07) is -0.973. The smallest absolute Gasteiger partial charge is 0.247 e. The lowest BCUT2D eigenvalue weighted by molar-refractivity contribution is -0.137. The van der Waals surface area contributed by atoms with Crippen LogP contribution in [-0.2, 0) is 19.6 Å². The Hall–Kier alpha value is -0.990. The van der Waals surface area contributed by atoms with Crippen LogP contribution in [0.15, 0.2) is 0 Å². The van der Waals surface area contributed by atoms with E-state index in [1.165, 1.54) is 7.05 Å². The number of imide groups is 1. The first-order chi connectivity index (χ1) is 6.87. The van der Waals surface area contributed by atoms with Gasteiger partial charge < -0.3 is 5.73 Å². The van der Waals surface area contributed by atoms with Gasteiger partial charge in [-0.1, -0.05) is 0 Å². The fourth-order valence-corrected chi connectivity index (χ4v) is 2.32. The molecule has 1 aliphatic rings. The lowest BCUT2D eigenvalue weighted by atomic mass is 10.3. The van der Waals surface area contributed by atoms with Gasteiger partial charge in [-0.2, -0.15) is 0 Å². The Labute approximate surface area is 87.7 Å². The Kier molecular flexibility index (Phi) is 3.42. The number of hydrogen-bond donors (Lipinski definition) is 2. The Morgan fingerprint density at radius 1 is 1.53 bits per heavy atom. The molecule has 0 aromatic heterocycles. The molecule has 15 heavy (non-hydrogen) atoms. The van der Waals surface area contributed by atoms with Crippen LogP contribution in [0.4, 0.5) is 0 Å².